The van der Waals surface area contributed by atoms with E-state index in [1.807, 2.05) is 17.1 Å². The van der Waals surface area contributed by atoms with Gasteiger partial charge >= 0.3 is 0 Å². The van der Waals surface area contributed by atoms with Crippen molar-refractivity contribution in [1.29, 1.82) is 0 Å². The average Bonchev–Trinajstić information content (AvgIpc) is 2.98. The van der Waals surface area contributed by atoms with Gasteiger partial charge in [-0.25, -0.2) is 0 Å². The zero-order chi connectivity index (χ0) is 11.0. The molecule has 1 atom stereocenters. The number of nitrogens with zero attached hydrogens (tertiary/aromatic N) is 2. The molecule has 0 unspecified atom stereocenters. The molecule has 1 aromatic rings. The van der Waals surface area contributed by atoms with Crippen LogP contribution in [0.4, 0.5) is 0 Å². The summed E-state index contributed by atoms with van der Waals surface area (Å²) in [5.41, 5.74) is 2.01. The van der Waals surface area contributed by atoms with Gasteiger partial charge in [-0.2, -0.15) is 0 Å². The van der Waals surface area contributed by atoms with Crippen LogP contribution in [0, 0.1) is 0 Å². The molecule has 84 valence electrons. The van der Waals surface area contributed by atoms with Crippen molar-refractivity contribution >= 4 is 5.91 Å². The number of hydrogen-bond donors (Lipinski definition) is 1. The van der Waals surface area contributed by atoms with Gasteiger partial charge in [0.05, 0.1) is 12.2 Å². The van der Waals surface area contributed by atoms with Crippen LogP contribution in [-0.2, 0) is 17.8 Å². The van der Waals surface area contributed by atoms with Crippen molar-refractivity contribution in [3.63, 3.8) is 0 Å². The van der Waals surface area contributed by atoms with Crippen molar-refractivity contribution in [2.75, 3.05) is 13.1 Å². The molecule has 2 aliphatic heterocycles. The van der Waals surface area contributed by atoms with E-state index in [0.717, 1.165) is 30.8 Å². The van der Waals surface area contributed by atoms with E-state index >= 15 is 0 Å². The molecule has 0 fully saturated rings. The van der Waals surface area contributed by atoms with E-state index in [2.05, 4.69) is 10.5 Å². The van der Waals surface area contributed by atoms with Crippen LogP contribution in [0.1, 0.15) is 11.3 Å². The largest absolute Gasteiger partial charge is 0.364 e. The van der Waals surface area contributed by atoms with E-state index in [-0.39, 0.29) is 11.9 Å². The van der Waals surface area contributed by atoms with Gasteiger partial charge in [-0.15, -0.1) is 0 Å². The maximum atomic E-state index is 12.1. The quantitative estimate of drug-likeness (QED) is 0.680. The number of amides is 1. The smallest absolute Gasteiger partial charge is 0.244 e. The summed E-state index contributed by atoms with van der Waals surface area (Å²) in [4.78, 5) is 13.9. The van der Waals surface area contributed by atoms with Crippen molar-refractivity contribution in [2.24, 2.45) is 0 Å². The Hall–Kier alpha value is -1.62. The van der Waals surface area contributed by atoms with Gasteiger partial charge in [0.15, 0.2) is 0 Å². The summed E-state index contributed by atoms with van der Waals surface area (Å²) in [6.45, 7) is 2.12. The molecule has 0 radical (unpaired) electrons. The summed E-state index contributed by atoms with van der Waals surface area (Å²) in [6, 6.07) is -0.151. The number of fused-ring (bicyclic) bond motifs is 1. The zero-order valence-electron chi connectivity index (χ0n) is 8.85. The first-order valence-electron chi connectivity index (χ1n) is 5.45. The minimum absolute atomic E-state index is 0.139. The second kappa shape index (κ2) is 3.75. The van der Waals surface area contributed by atoms with Gasteiger partial charge in [0, 0.05) is 25.1 Å². The Kier molecular flexibility index (Phi) is 2.25. The molecular formula is C11H13N3O2. The molecule has 5 nitrogen and oxygen atoms in total. The third kappa shape index (κ3) is 1.53. The molecule has 0 saturated carbocycles. The molecule has 1 aromatic heterocycles. The Morgan fingerprint density at radius 3 is 3.38 bits per heavy atom. The van der Waals surface area contributed by atoms with Crippen LogP contribution in [0.2, 0.25) is 0 Å². The SMILES string of the molecule is O=C([C@@H]1C=CCN1)N1CCc2nocc2C1. The van der Waals surface area contributed by atoms with E-state index in [1.54, 1.807) is 6.26 Å². The number of rotatable bonds is 1. The van der Waals surface area contributed by atoms with Crippen molar-refractivity contribution in [3.05, 3.63) is 29.7 Å². The lowest BCUT2D eigenvalue weighted by Crippen LogP contribution is -2.45. The Morgan fingerprint density at radius 1 is 1.62 bits per heavy atom. The first kappa shape index (κ1) is 9.59. The van der Waals surface area contributed by atoms with Gasteiger partial charge in [0.25, 0.3) is 0 Å². The lowest BCUT2D eigenvalue weighted by atomic mass is 10.1. The number of aromatic nitrogens is 1. The van der Waals surface area contributed by atoms with Gasteiger partial charge < -0.3 is 9.42 Å². The van der Waals surface area contributed by atoms with Crippen molar-refractivity contribution in [2.45, 2.75) is 19.0 Å². The van der Waals surface area contributed by atoms with E-state index in [9.17, 15) is 4.79 Å². The van der Waals surface area contributed by atoms with E-state index < -0.39 is 0 Å². The first-order valence-corrected chi connectivity index (χ1v) is 5.45. The Balaban J connectivity index is 1.73. The first-order chi connectivity index (χ1) is 7.84. The molecule has 0 bridgehead atoms. The fraction of sp³-hybridized carbons (Fsp3) is 0.455. The highest BCUT2D eigenvalue weighted by molar-refractivity contribution is 5.84. The third-order valence-corrected chi connectivity index (χ3v) is 3.07. The predicted octanol–water partition coefficient (Wildman–Crippen LogP) is 0.0873. The summed E-state index contributed by atoms with van der Waals surface area (Å²) in [5, 5.41) is 7.04. The van der Waals surface area contributed by atoms with Gasteiger partial charge in [-0.3, -0.25) is 10.1 Å². The number of carbonyl (C=O) groups excluding carboxylic acids is 1. The molecule has 1 amide bonds. The average molecular weight is 219 g/mol. The number of carbonyl (C=O) groups is 1. The minimum atomic E-state index is -0.151. The highest BCUT2D eigenvalue weighted by Gasteiger charge is 2.28. The molecule has 0 saturated heterocycles. The second-order valence-corrected chi connectivity index (χ2v) is 4.11. The fourth-order valence-corrected chi connectivity index (χ4v) is 2.16. The molecule has 3 heterocycles. The Labute approximate surface area is 93.1 Å². The summed E-state index contributed by atoms with van der Waals surface area (Å²) >= 11 is 0. The minimum Gasteiger partial charge on any atom is -0.364 e. The van der Waals surface area contributed by atoms with Gasteiger partial charge in [-0.1, -0.05) is 17.3 Å². The Morgan fingerprint density at radius 2 is 2.56 bits per heavy atom. The lowest BCUT2D eigenvalue weighted by molar-refractivity contribution is -0.133. The molecule has 16 heavy (non-hydrogen) atoms. The van der Waals surface area contributed by atoms with Crippen LogP contribution in [0.15, 0.2) is 22.9 Å². The summed E-state index contributed by atoms with van der Waals surface area (Å²) in [7, 11) is 0. The highest BCUT2D eigenvalue weighted by Crippen LogP contribution is 2.18. The summed E-state index contributed by atoms with van der Waals surface area (Å²) in [5.74, 6) is 0.139. The van der Waals surface area contributed by atoms with Crippen molar-refractivity contribution in [1.82, 2.24) is 15.4 Å². The summed E-state index contributed by atoms with van der Waals surface area (Å²) in [6.07, 6.45) is 6.32. The van der Waals surface area contributed by atoms with Crippen LogP contribution < -0.4 is 5.32 Å². The molecular weight excluding hydrogens is 206 g/mol. The predicted molar refractivity (Wildman–Crippen MR) is 56.6 cm³/mol. The Bertz CT molecular complexity index is 438. The van der Waals surface area contributed by atoms with Crippen LogP contribution >= 0.6 is 0 Å². The molecule has 0 aliphatic carbocycles. The lowest BCUT2D eigenvalue weighted by Gasteiger charge is -2.27. The van der Waals surface area contributed by atoms with E-state index in [0.29, 0.717) is 6.54 Å². The molecule has 1 N–H and O–H groups in total. The highest BCUT2D eigenvalue weighted by atomic mass is 16.5. The fourth-order valence-electron chi connectivity index (χ4n) is 2.16. The monoisotopic (exact) mass is 219 g/mol. The van der Waals surface area contributed by atoms with Crippen LogP contribution in [0.25, 0.3) is 0 Å². The second-order valence-electron chi connectivity index (χ2n) is 4.11. The van der Waals surface area contributed by atoms with Crippen LogP contribution in [0.5, 0.6) is 0 Å². The van der Waals surface area contributed by atoms with Crippen molar-refractivity contribution in [3.8, 4) is 0 Å². The topological polar surface area (TPSA) is 58.4 Å². The molecule has 0 spiro atoms. The van der Waals surface area contributed by atoms with Crippen LogP contribution in [0.3, 0.4) is 0 Å². The van der Waals surface area contributed by atoms with Gasteiger partial charge in [-0.05, 0) is 0 Å². The van der Waals surface area contributed by atoms with Crippen LogP contribution in [-0.4, -0.2) is 35.1 Å². The summed E-state index contributed by atoms with van der Waals surface area (Å²) < 4.78 is 4.90. The molecule has 3 rings (SSSR count). The number of hydrogen-bond acceptors (Lipinski definition) is 4. The zero-order valence-corrected chi connectivity index (χ0v) is 8.85. The van der Waals surface area contributed by atoms with Gasteiger partial charge in [0.1, 0.15) is 12.3 Å². The van der Waals surface area contributed by atoms with Gasteiger partial charge in [0.2, 0.25) is 5.91 Å². The standard InChI is InChI=1S/C11H13N3O2/c15-11(10-2-1-4-12-10)14-5-3-9-8(6-14)7-16-13-9/h1-2,7,10,12H,3-6H2/t10-/m0/s1. The maximum Gasteiger partial charge on any atom is 0.244 e. The third-order valence-electron chi connectivity index (χ3n) is 3.07. The van der Waals surface area contributed by atoms with Crippen molar-refractivity contribution < 1.29 is 9.32 Å². The number of nitrogens with one attached hydrogen (secondary N) is 1. The van der Waals surface area contributed by atoms with E-state index in [1.165, 1.54) is 0 Å². The normalized spacial score (nSPS) is 23.5. The molecule has 5 heteroatoms. The molecule has 0 aromatic carbocycles. The maximum absolute atomic E-state index is 12.1. The molecule has 2 aliphatic rings. The van der Waals surface area contributed by atoms with E-state index in [4.69, 9.17) is 4.52 Å².